The van der Waals surface area contributed by atoms with Crippen LogP contribution in [0.25, 0.3) is 0 Å². The van der Waals surface area contributed by atoms with Crippen molar-refractivity contribution < 1.29 is 38.1 Å². The zero-order valence-electron chi connectivity index (χ0n) is 27.4. The Hall–Kier alpha value is -2.12. The minimum absolute atomic E-state index is 0.0470. The van der Waals surface area contributed by atoms with Gasteiger partial charge in [0.2, 0.25) is 0 Å². The monoisotopic (exact) mass is 598 g/mol. The van der Waals surface area contributed by atoms with Gasteiger partial charge in [-0.3, -0.25) is 19.2 Å². The van der Waals surface area contributed by atoms with E-state index in [4.69, 9.17) is 18.9 Å². The lowest BCUT2D eigenvalue weighted by Gasteiger charge is -2.27. The van der Waals surface area contributed by atoms with E-state index in [1.165, 1.54) is 0 Å². The van der Waals surface area contributed by atoms with Crippen LogP contribution >= 0.6 is 0 Å². The minimum Gasteiger partial charge on any atom is -0.466 e. The summed E-state index contributed by atoms with van der Waals surface area (Å²) in [6.45, 7) is 8.77. The molecule has 0 N–H and O–H groups in total. The first-order valence-corrected chi connectivity index (χ1v) is 17.1. The summed E-state index contributed by atoms with van der Waals surface area (Å²) in [5.41, 5.74) is -2.53. The second-order valence-electron chi connectivity index (χ2n) is 11.4. The number of ether oxygens (including phenoxy) is 4. The molecule has 8 nitrogen and oxygen atoms in total. The molecular formula is C34H62O8. The molecule has 0 heterocycles. The predicted molar refractivity (Wildman–Crippen MR) is 166 cm³/mol. The Balaban J connectivity index is 5.67. The zero-order chi connectivity index (χ0) is 31.3. The lowest BCUT2D eigenvalue weighted by molar-refractivity contribution is -0.188. The maximum atomic E-state index is 13.5. The summed E-state index contributed by atoms with van der Waals surface area (Å²) in [4.78, 5) is 53.6. The average molecular weight is 599 g/mol. The van der Waals surface area contributed by atoms with E-state index in [1.54, 1.807) is 0 Å². The molecule has 0 radical (unpaired) electrons. The van der Waals surface area contributed by atoms with Crippen molar-refractivity contribution in [1.29, 1.82) is 0 Å². The fraction of sp³-hybridized carbons (Fsp3) is 0.882. The second kappa shape index (κ2) is 27.7. The van der Waals surface area contributed by atoms with Crippen molar-refractivity contribution in [3.8, 4) is 0 Å². The number of hydrogen-bond donors (Lipinski definition) is 0. The highest BCUT2D eigenvalue weighted by atomic mass is 16.6. The van der Waals surface area contributed by atoms with Crippen LogP contribution < -0.4 is 0 Å². The van der Waals surface area contributed by atoms with Crippen LogP contribution in [0.5, 0.6) is 0 Å². The molecule has 0 saturated carbocycles. The molecule has 0 aromatic carbocycles. The van der Waals surface area contributed by atoms with Crippen molar-refractivity contribution in [2.45, 2.75) is 163 Å². The standard InChI is InChI=1S/C34H62O8/c1-5-9-13-17-21-25-39-30(35)29-34(31(36)40-26-22-18-14-10-6-2,32(37)41-27-23-19-15-11-7-3)33(38)42-28-24-20-16-12-8-4/h5-29H2,1-4H3. The number of hydrogen-bond acceptors (Lipinski definition) is 8. The van der Waals surface area contributed by atoms with E-state index in [-0.39, 0.29) is 26.4 Å². The largest absolute Gasteiger partial charge is 0.466 e. The van der Waals surface area contributed by atoms with Crippen molar-refractivity contribution in [2.24, 2.45) is 5.41 Å². The molecule has 0 aromatic rings. The van der Waals surface area contributed by atoms with Crippen LogP contribution in [0.2, 0.25) is 0 Å². The van der Waals surface area contributed by atoms with E-state index in [0.29, 0.717) is 25.7 Å². The van der Waals surface area contributed by atoms with Crippen LogP contribution in [-0.4, -0.2) is 50.3 Å². The Morgan fingerprint density at radius 1 is 0.381 bits per heavy atom. The normalized spacial score (nSPS) is 11.2. The van der Waals surface area contributed by atoms with Gasteiger partial charge in [0.25, 0.3) is 5.41 Å². The lowest BCUT2D eigenvalue weighted by Crippen LogP contribution is -2.51. The first-order chi connectivity index (χ1) is 20.4. The fourth-order valence-corrected chi connectivity index (χ4v) is 4.61. The van der Waals surface area contributed by atoms with E-state index < -0.39 is 35.7 Å². The molecular weight excluding hydrogens is 536 g/mol. The minimum atomic E-state index is -2.53. The molecule has 42 heavy (non-hydrogen) atoms. The molecule has 0 aromatic heterocycles. The molecule has 0 aliphatic heterocycles. The van der Waals surface area contributed by atoms with Crippen LogP contribution in [0, 0.1) is 5.41 Å². The summed E-state index contributed by atoms with van der Waals surface area (Å²) >= 11 is 0. The number of carbonyl (C=O) groups excluding carboxylic acids is 4. The van der Waals surface area contributed by atoms with Crippen LogP contribution in [0.4, 0.5) is 0 Å². The smallest absolute Gasteiger partial charge is 0.335 e. The number of carbonyl (C=O) groups is 4. The molecule has 0 unspecified atom stereocenters. The third-order valence-corrected chi connectivity index (χ3v) is 7.41. The second-order valence-corrected chi connectivity index (χ2v) is 11.4. The van der Waals surface area contributed by atoms with E-state index in [9.17, 15) is 19.2 Å². The highest BCUT2D eigenvalue weighted by Gasteiger charge is 2.59. The quantitative estimate of drug-likeness (QED) is 0.0366. The number of esters is 4. The Kier molecular flexibility index (Phi) is 26.3. The van der Waals surface area contributed by atoms with Gasteiger partial charge in [-0.15, -0.1) is 0 Å². The van der Waals surface area contributed by atoms with Crippen molar-refractivity contribution >= 4 is 23.9 Å². The molecule has 0 fully saturated rings. The molecule has 0 rings (SSSR count). The Labute approximate surface area is 256 Å². The van der Waals surface area contributed by atoms with Gasteiger partial charge in [0.05, 0.1) is 32.8 Å². The maximum Gasteiger partial charge on any atom is 0.335 e. The third kappa shape index (κ3) is 18.4. The number of rotatable bonds is 29. The van der Waals surface area contributed by atoms with Gasteiger partial charge in [-0.1, -0.05) is 130 Å². The molecule has 0 spiro atoms. The van der Waals surface area contributed by atoms with Gasteiger partial charge < -0.3 is 18.9 Å². The third-order valence-electron chi connectivity index (χ3n) is 7.41. The van der Waals surface area contributed by atoms with Crippen LogP contribution in [-0.2, 0) is 38.1 Å². The number of unbranched alkanes of at least 4 members (excludes halogenated alkanes) is 16. The Morgan fingerprint density at radius 2 is 0.643 bits per heavy atom. The molecule has 0 atom stereocenters. The summed E-state index contributed by atoms with van der Waals surface area (Å²) < 4.78 is 21.8. The summed E-state index contributed by atoms with van der Waals surface area (Å²) in [6.07, 6.45) is 17.9. The van der Waals surface area contributed by atoms with Gasteiger partial charge in [-0.2, -0.15) is 0 Å². The van der Waals surface area contributed by atoms with Crippen molar-refractivity contribution in [3.63, 3.8) is 0 Å². The molecule has 8 heteroatoms. The van der Waals surface area contributed by atoms with Gasteiger partial charge in [0, 0.05) is 0 Å². The van der Waals surface area contributed by atoms with Gasteiger partial charge in [0.15, 0.2) is 0 Å². The molecule has 246 valence electrons. The Morgan fingerprint density at radius 3 is 0.929 bits per heavy atom. The summed E-state index contributed by atoms with van der Waals surface area (Å²) in [7, 11) is 0. The average Bonchev–Trinajstić information content (AvgIpc) is 2.98. The highest BCUT2D eigenvalue weighted by molar-refractivity contribution is 6.19. The first-order valence-electron chi connectivity index (χ1n) is 17.1. The van der Waals surface area contributed by atoms with Gasteiger partial charge in [-0.05, 0) is 25.7 Å². The molecule has 0 aliphatic carbocycles. The molecule has 0 saturated heterocycles. The van der Waals surface area contributed by atoms with Gasteiger partial charge in [0.1, 0.15) is 0 Å². The predicted octanol–water partition coefficient (Wildman–Crippen LogP) is 8.42. The van der Waals surface area contributed by atoms with Crippen molar-refractivity contribution in [2.75, 3.05) is 26.4 Å². The van der Waals surface area contributed by atoms with Crippen molar-refractivity contribution in [3.05, 3.63) is 0 Å². The lowest BCUT2D eigenvalue weighted by atomic mass is 9.84. The Bertz CT molecular complexity index is 636. The molecule has 0 bridgehead atoms. The van der Waals surface area contributed by atoms with E-state index in [0.717, 1.165) is 103 Å². The van der Waals surface area contributed by atoms with E-state index in [1.807, 2.05) is 0 Å². The van der Waals surface area contributed by atoms with E-state index >= 15 is 0 Å². The first kappa shape index (κ1) is 39.9. The van der Waals surface area contributed by atoms with Crippen LogP contribution in [0.1, 0.15) is 163 Å². The highest BCUT2D eigenvalue weighted by Crippen LogP contribution is 2.30. The van der Waals surface area contributed by atoms with Crippen LogP contribution in [0.15, 0.2) is 0 Å². The summed E-state index contributed by atoms with van der Waals surface area (Å²) in [5, 5.41) is 0. The molecule has 0 aliphatic rings. The van der Waals surface area contributed by atoms with Gasteiger partial charge in [-0.25, -0.2) is 0 Å². The fourth-order valence-electron chi connectivity index (χ4n) is 4.61. The maximum absolute atomic E-state index is 13.5. The topological polar surface area (TPSA) is 105 Å². The van der Waals surface area contributed by atoms with Crippen molar-refractivity contribution in [1.82, 2.24) is 0 Å². The SMILES string of the molecule is CCCCCCCOC(=O)CC(C(=O)OCCCCCCC)(C(=O)OCCCCCCC)C(=O)OCCCCCCC. The van der Waals surface area contributed by atoms with E-state index in [2.05, 4.69) is 27.7 Å². The van der Waals surface area contributed by atoms with Crippen LogP contribution in [0.3, 0.4) is 0 Å². The zero-order valence-corrected chi connectivity index (χ0v) is 27.4. The summed E-state index contributed by atoms with van der Waals surface area (Å²) in [6, 6.07) is 0. The summed E-state index contributed by atoms with van der Waals surface area (Å²) in [5.74, 6) is -4.09. The van der Waals surface area contributed by atoms with Gasteiger partial charge >= 0.3 is 23.9 Å². The molecule has 0 amide bonds.